The summed E-state index contributed by atoms with van der Waals surface area (Å²) in [5.41, 5.74) is 0. The Balaban J connectivity index is 4.48. The van der Waals surface area contributed by atoms with E-state index in [0.29, 0.717) is 19.3 Å². The van der Waals surface area contributed by atoms with Gasteiger partial charge >= 0.3 is 17.9 Å². The standard InChI is InChI=1S/C56H94O6/c1-4-7-10-13-16-19-22-24-26-28-30-31-34-37-40-43-46-49-55(58)61-52-53(51-60-54(57)48-45-42-39-36-33-21-18-15-12-9-6-3)62-56(59)50-47-44-41-38-35-32-29-27-25-23-20-17-14-11-8-5-2/h8,11,15,17-18,20,24-27,30-31,37,40,53H,4-7,9-10,12-14,16,19,21-23,28-29,32-36,38-39,41-52H2,1-3H3/b11-8-,18-15-,20-17-,26-24-,27-25-,31-30-,40-37-. The fourth-order valence-electron chi connectivity index (χ4n) is 6.75. The zero-order valence-electron chi connectivity index (χ0n) is 40.4. The second-order valence-corrected chi connectivity index (χ2v) is 16.7. The fraction of sp³-hybridized carbons (Fsp3) is 0.696. The van der Waals surface area contributed by atoms with E-state index >= 15 is 0 Å². The first-order valence-corrected chi connectivity index (χ1v) is 25.6. The quantitative estimate of drug-likeness (QED) is 0.0263. The van der Waals surface area contributed by atoms with Gasteiger partial charge in [0.05, 0.1) is 0 Å². The molecule has 6 heteroatoms. The smallest absolute Gasteiger partial charge is 0.306 e. The molecule has 354 valence electrons. The zero-order chi connectivity index (χ0) is 45.1. The predicted octanol–water partition coefficient (Wildman–Crippen LogP) is 16.8. The van der Waals surface area contributed by atoms with E-state index in [1.165, 1.54) is 83.5 Å². The molecular formula is C56H94O6. The van der Waals surface area contributed by atoms with E-state index in [-0.39, 0.29) is 37.5 Å². The SMILES string of the molecule is CC/C=C\C/C=C\C/C=C\CCCCCCCCC(=O)OC(COC(=O)CCC/C=C\C/C=C\C/C=C\CCCCCCCC)COC(=O)CCCCCCC/C=C\CCCC. The molecule has 0 aromatic carbocycles. The summed E-state index contributed by atoms with van der Waals surface area (Å²) in [5, 5.41) is 0. The molecule has 0 fully saturated rings. The van der Waals surface area contributed by atoms with Crippen LogP contribution < -0.4 is 0 Å². The molecule has 0 radical (unpaired) electrons. The molecule has 62 heavy (non-hydrogen) atoms. The molecule has 0 aromatic heterocycles. The maximum absolute atomic E-state index is 12.8. The first kappa shape index (κ1) is 58.6. The summed E-state index contributed by atoms with van der Waals surface area (Å²) >= 11 is 0. The van der Waals surface area contributed by atoms with Crippen molar-refractivity contribution in [2.45, 2.75) is 239 Å². The Morgan fingerprint density at radius 3 is 1.11 bits per heavy atom. The Bertz CT molecular complexity index is 1220. The van der Waals surface area contributed by atoms with Crippen LogP contribution in [0.1, 0.15) is 233 Å². The fourth-order valence-corrected chi connectivity index (χ4v) is 6.75. The van der Waals surface area contributed by atoms with E-state index < -0.39 is 6.10 Å². The van der Waals surface area contributed by atoms with E-state index in [1.807, 2.05) is 0 Å². The third kappa shape index (κ3) is 47.6. The van der Waals surface area contributed by atoms with Crippen molar-refractivity contribution in [1.82, 2.24) is 0 Å². The molecule has 0 N–H and O–H groups in total. The van der Waals surface area contributed by atoms with Gasteiger partial charge in [0.15, 0.2) is 6.10 Å². The summed E-state index contributed by atoms with van der Waals surface area (Å²) in [6, 6.07) is 0. The molecule has 0 heterocycles. The van der Waals surface area contributed by atoms with Crippen molar-refractivity contribution in [3.63, 3.8) is 0 Å². The second-order valence-electron chi connectivity index (χ2n) is 16.7. The van der Waals surface area contributed by atoms with Gasteiger partial charge < -0.3 is 14.2 Å². The lowest BCUT2D eigenvalue weighted by atomic mass is 10.1. The van der Waals surface area contributed by atoms with Crippen molar-refractivity contribution in [2.75, 3.05) is 13.2 Å². The first-order chi connectivity index (χ1) is 30.5. The van der Waals surface area contributed by atoms with Gasteiger partial charge in [-0.2, -0.15) is 0 Å². The molecule has 0 saturated heterocycles. The van der Waals surface area contributed by atoms with E-state index in [4.69, 9.17) is 14.2 Å². The number of carbonyl (C=O) groups is 3. The van der Waals surface area contributed by atoms with Crippen LogP contribution in [0.15, 0.2) is 85.1 Å². The molecule has 0 rings (SSSR count). The Hall–Kier alpha value is -3.41. The van der Waals surface area contributed by atoms with Crippen LogP contribution in [0.4, 0.5) is 0 Å². The Labute approximate surface area is 382 Å². The second kappa shape index (κ2) is 50.2. The van der Waals surface area contributed by atoms with Gasteiger partial charge in [-0.3, -0.25) is 14.4 Å². The number of hydrogen-bond donors (Lipinski definition) is 0. The van der Waals surface area contributed by atoms with Crippen molar-refractivity contribution in [3.8, 4) is 0 Å². The number of ether oxygens (including phenoxy) is 3. The van der Waals surface area contributed by atoms with Crippen LogP contribution in [0.3, 0.4) is 0 Å². The van der Waals surface area contributed by atoms with E-state index in [0.717, 1.165) is 103 Å². The summed E-state index contributed by atoms with van der Waals surface area (Å²) in [4.78, 5) is 37.9. The molecule has 0 aliphatic rings. The molecular weight excluding hydrogens is 769 g/mol. The third-order valence-corrected chi connectivity index (χ3v) is 10.6. The van der Waals surface area contributed by atoms with Gasteiger partial charge in [0.1, 0.15) is 13.2 Å². The minimum atomic E-state index is -0.806. The van der Waals surface area contributed by atoms with Gasteiger partial charge in [0.25, 0.3) is 0 Å². The number of carbonyl (C=O) groups excluding carboxylic acids is 3. The van der Waals surface area contributed by atoms with Crippen LogP contribution in [-0.2, 0) is 28.6 Å². The van der Waals surface area contributed by atoms with E-state index in [2.05, 4.69) is 106 Å². The molecule has 0 amide bonds. The highest BCUT2D eigenvalue weighted by atomic mass is 16.6. The van der Waals surface area contributed by atoms with Crippen LogP contribution in [0, 0.1) is 0 Å². The van der Waals surface area contributed by atoms with Crippen molar-refractivity contribution < 1.29 is 28.6 Å². The van der Waals surface area contributed by atoms with Gasteiger partial charge in [-0.05, 0) is 103 Å². The van der Waals surface area contributed by atoms with Crippen LogP contribution in [0.5, 0.6) is 0 Å². The number of hydrogen-bond acceptors (Lipinski definition) is 6. The Morgan fingerprint density at radius 1 is 0.339 bits per heavy atom. The molecule has 1 unspecified atom stereocenters. The topological polar surface area (TPSA) is 78.9 Å². The average Bonchev–Trinajstić information content (AvgIpc) is 3.27. The molecule has 0 bridgehead atoms. The van der Waals surface area contributed by atoms with E-state index in [1.54, 1.807) is 0 Å². The normalized spacial score (nSPS) is 12.8. The van der Waals surface area contributed by atoms with Gasteiger partial charge in [0, 0.05) is 19.3 Å². The lowest BCUT2D eigenvalue weighted by Crippen LogP contribution is -2.30. The Morgan fingerprint density at radius 2 is 0.661 bits per heavy atom. The highest BCUT2D eigenvalue weighted by Crippen LogP contribution is 2.13. The van der Waals surface area contributed by atoms with E-state index in [9.17, 15) is 14.4 Å². The van der Waals surface area contributed by atoms with Crippen molar-refractivity contribution in [3.05, 3.63) is 85.1 Å². The predicted molar refractivity (Wildman–Crippen MR) is 265 cm³/mol. The highest BCUT2D eigenvalue weighted by molar-refractivity contribution is 5.71. The molecule has 0 aromatic rings. The molecule has 6 nitrogen and oxygen atoms in total. The van der Waals surface area contributed by atoms with Gasteiger partial charge in [-0.15, -0.1) is 0 Å². The molecule has 1 atom stereocenters. The molecule has 0 spiro atoms. The minimum absolute atomic E-state index is 0.103. The lowest BCUT2D eigenvalue weighted by Gasteiger charge is -2.18. The molecule has 0 saturated carbocycles. The lowest BCUT2D eigenvalue weighted by molar-refractivity contribution is -0.167. The summed E-state index contributed by atoms with van der Waals surface area (Å²) in [5.74, 6) is -0.982. The Kier molecular flexibility index (Phi) is 47.5. The van der Waals surface area contributed by atoms with Crippen LogP contribution >= 0.6 is 0 Å². The third-order valence-electron chi connectivity index (χ3n) is 10.6. The highest BCUT2D eigenvalue weighted by Gasteiger charge is 2.19. The summed E-state index contributed by atoms with van der Waals surface area (Å²) in [7, 11) is 0. The van der Waals surface area contributed by atoms with Gasteiger partial charge in [-0.25, -0.2) is 0 Å². The first-order valence-electron chi connectivity index (χ1n) is 25.6. The zero-order valence-corrected chi connectivity index (χ0v) is 40.4. The average molecular weight is 863 g/mol. The number of unbranched alkanes of at least 4 members (excludes halogenated alkanes) is 20. The van der Waals surface area contributed by atoms with Crippen LogP contribution in [-0.4, -0.2) is 37.2 Å². The summed E-state index contributed by atoms with van der Waals surface area (Å²) in [6.45, 7) is 6.41. The monoisotopic (exact) mass is 863 g/mol. The minimum Gasteiger partial charge on any atom is -0.462 e. The van der Waals surface area contributed by atoms with Crippen molar-refractivity contribution >= 4 is 17.9 Å². The number of esters is 3. The van der Waals surface area contributed by atoms with Gasteiger partial charge in [-0.1, -0.05) is 196 Å². The summed E-state index contributed by atoms with van der Waals surface area (Å²) < 4.78 is 16.7. The summed E-state index contributed by atoms with van der Waals surface area (Å²) in [6.07, 6.45) is 64.3. The van der Waals surface area contributed by atoms with Crippen LogP contribution in [0.25, 0.3) is 0 Å². The largest absolute Gasteiger partial charge is 0.462 e. The number of allylic oxidation sites excluding steroid dienone is 14. The maximum Gasteiger partial charge on any atom is 0.306 e. The number of rotatable bonds is 45. The molecule has 0 aliphatic carbocycles. The maximum atomic E-state index is 12.8. The van der Waals surface area contributed by atoms with Crippen molar-refractivity contribution in [2.24, 2.45) is 0 Å². The molecule has 0 aliphatic heterocycles. The van der Waals surface area contributed by atoms with Crippen LogP contribution in [0.2, 0.25) is 0 Å². The van der Waals surface area contributed by atoms with Gasteiger partial charge in [0.2, 0.25) is 0 Å². The van der Waals surface area contributed by atoms with Crippen molar-refractivity contribution in [1.29, 1.82) is 0 Å².